The lowest BCUT2D eigenvalue weighted by molar-refractivity contribution is -0.386. The van der Waals surface area contributed by atoms with E-state index in [1.807, 2.05) is 0 Å². The lowest BCUT2D eigenvalue weighted by atomic mass is 10.0. The second-order valence-corrected chi connectivity index (χ2v) is 6.22. The average molecular weight is 448 g/mol. The van der Waals surface area contributed by atoms with E-state index in [4.69, 9.17) is 4.74 Å². The molecule has 0 saturated heterocycles. The zero-order valence-electron chi connectivity index (χ0n) is 16.4. The van der Waals surface area contributed by atoms with E-state index < -0.39 is 41.1 Å². The van der Waals surface area contributed by atoms with Gasteiger partial charge in [-0.25, -0.2) is 18.2 Å². The smallest absolute Gasteiger partial charge is 0.329 e. The van der Waals surface area contributed by atoms with Crippen molar-refractivity contribution in [2.24, 2.45) is 0 Å². The van der Waals surface area contributed by atoms with Gasteiger partial charge in [0.2, 0.25) is 12.6 Å². The molecule has 0 spiro atoms. The van der Waals surface area contributed by atoms with E-state index in [0.717, 1.165) is 30.5 Å². The van der Waals surface area contributed by atoms with Crippen LogP contribution in [0, 0.1) is 21.7 Å². The van der Waals surface area contributed by atoms with E-state index in [1.54, 1.807) is 0 Å². The van der Waals surface area contributed by atoms with Crippen LogP contribution in [0.3, 0.4) is 0 Å². The Hall–Kier alpha value is -4.22. The van der Waals surface area contributed by atoms with Crippen LogP contribution in [-0.2, 0) is 0 Å². The second kappa shape index (κ2) is 9.73. The molecule has 9 nitrogen and oxygen atoms in total. The van der Waals surface area contributed by atoms with E-state index in [2.05, 4.69) is 20.0 Å². The molecule has 1 amide bonds. The summed E-state index contributed by atoms with van der Waals surface area (Å²) in [6.45, 7) is -1.25. The number of benzene rings is 1. The Morgan fingerprint density at radius 2 is 1.97 bits per heavy atom. The molecule has 1 N–H and O–H groups in total. The van der Waals surface area contributed by atoms with Gasteiger partial charge >= 0.3 is 5.69 Å². The summed E-state index contributed by atoms with van der Waals surface area (Å²) in [4.78, 5) is 30.8. The van der Waals surface area contributed by atoms with Crippen LogP contribution in [0.4, 0.5) is 18.9 Å². The molecule has 2 heterocycles. The van der Waals surface area contributed by atoms with Crippen molar-refractivity contribution in [2.45, 2.75) is 6.04 Å². The molecule has 2 aromatic heterocycles. The Morgan fingerprint density at radius 1 is 1.19 bits per heavy atom. The number of nitro groups is 1. The van der Waals surface area contributed by atoms with Crippen LogP contribution in [0.2, 0.25) is 0 Å². The van der Waals surface area contributed by atoms with Gasteiger partial charge in [-0.1, -0.05) is 6.07 Å². The first-order valence-corrected chi connectivity index (χ1v) is 8.93. The number of nitrogens with zero attached hydrogens (tertiary/aromatic N) is 3. The number of carbonyl (C=O) groups excluding carboxylic acids is 1. The predicted molar refractivity (Wildman–Crippen MR) is 104 cm³/mol. The largest absolute Gasteiger partial charge is 0.490 e. The Kier molecular flexibility index (Phi) is 6.83. The van der Waals surface area contributed by atoms with Gasteiger partial charge in [0.1, 0.15) is 23.4 Å². The summed E-state index contributed by atoms with van der Waals surface area (Å²) < 4.78 is 50.5. The van der Waals surface area contributed by atoms with Gasteiger partial charge in [-0.2, -0.15) is 0 Å². The van der Waals surface area contributed by atoms with Gasteiger partial charge in [-0.15, -0.1) is 0 Å². The average Bonchev–Trinajstić information content (AvgIpc) is 2.79. The second-order valence-electron chi connectivity index (χ2n) is 6.22. The van der Waals surface area contributed by atoms with E-state index in [0.29, 0.717) is 0 Å². The number of aromatic nitrogens is 2. The molecule has 3 rings (SSSR count). The third-order valence-electron chi connectivity index (χ3n) is 4.33. The molecular weight excluding hydrogens is 433 g/mol. The Labute approximate surface area is 179 Å². The number of hydrogen-bond donors (Lipinski definition) is 1. The lowest BCUT2D eigenvalue weighted by Crippen LogP contribution is -2.31. The number of ether oxygens (including phenoxy) is 2. The van der Waals surface area contributed by atoms with E-state index >= 15 is 0 Å². The normalized spacial score (nSPS) is 11.5. The SMILES string of the molecule is COc1cc(C(=O)N[C@@H](c2ccc(OCF)c(F)c2)c2ncccc2F)ncc1[N+](=O)[O-]. The Morgan fingerprint density at radius 3 is 2.59 bits per heavy atom. The molecule has 0 unspecified atom stereocenters. The molecule has 0 aliphatic carbocycles. The summed E-state index contributed by atoms with van der Waals surface area (Å²) in [6, 6.07) is 5.56. The van der Waals surface area contributed by atoms with Crippen molar-refractivity contribution in [1.29, 1.82) is 0 Å². The van der Waals surface area contributed by atoms with Crippen LogP contribution in [-0.4, -0.2) is 34.8 Å². The number of carbonyl (C=O) groups is 1. The number of pyridine rings is 2. The van der Waals surface area contributed by atoms with Gasteiger partial charge in [-0.3, -0.25) is 19.9 Å². The number of amides is 1. The van der Waals surface area contributed by atoms with Gasteiger partial charge in [0.15, 0.2) is 11.6 Å². The van der Waals surface area contributed by atoms with E-state index in [9.17, 15) is 28.1 Å². The monoisotopic (exact) mass is 448 g/mol. The van der Waals surface area contributed by atoms with Crippen LogP contribution in [0.15, 0.2) is 48.8 Å². The fourth-order valence-electron chi connectivity index (χ4n) is 2.85. The highest BCUT2D eigenvalue weighted by Gasteiger charge is 2.25. The Balaban J connectivity index is 2.00. The van der Waals surface area contributed by atoms with Gasteiger partial charge in [-0.05, 0) is 29.8 Å². The van der Waals surface area contributed by atoms with Crippen LogP contribution < -0.4 is 14.8 Å². The summed E-state index contributed by atoms with van der Waals surface area (Å²) in [5.74, 6) is -3.17. The topological polar surface area (TPSA) is 116 Å². The highest BCUT2D eigenvalue weighted by Crippen LogP contribution is 2.29. The third-order valence-corrected chi connectivity index (χ3v) is 4.33. The first kappa shape index (κ1) is 22.5. The maximum atomic E-state index is 14.4. The molecule has 3 aromatic rings. The zero-order chi connectivity index (χ0) is 23.3. The molecule has 12 heteroatoms. The summed E-state index contributed by atoms with van der Waals surface area (Å²) >= 11 is 0. The number of hydrogen-bond acceptors (Lipinski definition) is 7. The number of alkyl halides is 1. The summed E-state index contributed by atoms with van der Waals surface area (Å²) in [5.41, 5.74) is -0.879. The van der Waals surface area contributed by atoms with E-state index in [-0.39, 0.29) is 28.5 Å². The molecule has 1 aromatic carbocycles. The van der Waals surface area contributed by atoms with Crippen LogP contribution in [0.25, 0.3) is 0 Å². The molecule has 0 fully saturated rings. The van der Waals surface area contributed by atoms with Crippen molar-refractivity contribution in [1.82, 2.24) is 15.3 Å². The first-order chi connectivity index (χ1) is 15.3. The minimum Gasteiger partial charge on any atom is -0.490 e. The predicted octanol–water partition coefficient (Wildman–Crippen LogP) is 3.50. The van der Waals surface area contributed by atoms with Crippen LogP contribution in [0.5, 0.6) is 11.5 Å². The van der Waals surface area contributed by atoms with Gasteiger partial charge in [0.25, 0.3) is 5.91 Å². The summed E-state index contributed by atoms with van der Waals surface area (Å²) in [5, 5.41) is 13.5. The minimum absolute atomic E-state index is 0.0773. The van der Waals surface area contributed by atoms with Crippen molar-refractivity contribution < 1.29 is 32.4 Å². The number of methoxy groups -OCH3 is 1. The van der Waals surface area contributed by atoms with Crippen molar-refractivity contribution in [3.05, 3.63) is 87.5 Å². The van der Waals surface area contributed by atoms with Crippen molar-refractivity contribution in [3.63, 3.8) is 0 Å². The number of nitrogens with one attached hydrogen (secondary N) is 1. The molecule has 0 aliphatic heterocycles. The summed E-state index contributed by atoms with van der Waals surface area (Å²) in [6.07, 6.45) is 2.12. The molecular formula is C20H15F3N4O5. The van der Waals surface area contributed by atoms with Crippen molar-refractivity contribution >= 4 is 11.6 Å². The quantitative estimate of drug-likeness (QED) is 0.414. The fourth-order valence-corrected chi connectivity index (χ4v) is 2.85. The molecule has 0 bridgehead atoms. The molecule has 1 atom stereocenters. The Bertz CT molecular complexity index is 1160. The highest BCUT2D eigenvalue weighted by atomic mass is 19.1. The number of rotatable bonds is 8. The highest BCUT2D eigenvalue weighted by molar-refractivity contribution is 5.93. The summed E-state index contributed by atoms with van der Waals surface area (Å²) in [7, 11) is 1.18. The lowest BCUT2D eigenvalue weighted by Gasteiger charge is -2.20. The zero-order valence-corrected chi connectivity index (χ0v) is 16.4. The molecule has 0 aliphatic rings. The van der Waals surface area contributed by atoms with Crippen molar-refractivity contribution in [3.8, 4) is 11.5 Å². The fraction of sp³-hybridized carbons (Fsp3) is 0.150. The van der Waals surface area contributed by atoms with Crippen molar-refractivity contribution in [2.75, 3.05) is 14.0 Å². The third kappa shape index (κ3) is 4.74. The maximum Gasteiger partial charge on any atom is 0.329 e. The maximum absolute atomic E-state index is 14.4. The van der Waals surface area contributed by atoms with Gasteiger partial charge in [0.05, 0.1) is 18.1 Å². The van der Waals surface area contributed by atoms with Crippen LogP contribution in [0.1, 0.15) is 27.8 Å². The molecule has 32 heavy (non-hydrogen) atoms. The van der Waals surface area contributed by atoms with Gasteiger partial charge < -0.3 is 14.8 Å². The van der Waals surface area contributed by atoms with Crippen LogP contribution >= 0.6 is 0 Å². The molecule has 0 saturated carbocycles. The van der Waals surface area contributed by atoms with E-state index in [1.165, 1.54) is 25.4 Å². The standard InChI is InChI=1S/C20H15F3N4O5/c1-31-17-8-14(25-9-15(17)27(29)30)20(28)26-18(19-12(22)3-2-6-24-19)11-4-5-16(32-10-21)13(23)7-11/h2-9,18H,10H2,1H3,(H,26,28)/t18-/m0/s1. The minimum atomic E-state index is -1.28. The molecule has 0 radical (unpaired) electrons. The number of halogens is 3. The van der Waals surface area contributed by atoms with Gasteiger partial charge in [0, 0.05) is 12.3 Å². The molecule has 166 valence electrons. The first-order valence-electron chi connectivity index (χ1n) is 8.93.